The number of hydrogen-bond acceptors (Lipinski definition) is 3. The summed E-state index contributed by atoms with van der Waals surface area (Å²) in [4.78, 5) is 24.5. The second-order valence-electron chi connectivity index (χ2n) is 4.47. The van der Waals surface area contributed by atoms with Crippen molar-refractivity contribution in [3.05, 3.63) is 12.7 Å². The highest BCUT2D eigenvalue weighted by Gasteiger charge is 2.45. The highest BCUT2D eigenvalue weighted by Crippen LogP contribution is 2.26. The van der Waals surface area contributed by atoms with E-state index in [-0.39, 0.29) is 18.4 Å². The van der Waals surface area contributed by atoms with Crippen molar-refractivity contribution in [2.24, 2.45) is 5.92 Å². The lowest BCUT2D eigenvalue weighted by Crippen LogP contribution is -2.48. The SMILES string of the molecule is C=CC[C@@H](C)C(=O)N1C(=O)OCC1(C)C. The van der Waals surface area contributed by atoms with Crippen LogP contribution in [0.25, 0.3) is 0 Å². The molecule has 4 heteroatoms. The van der Waals surface area contributed by atoms with E-state index in [2.05, 4.69) is 6.58 Å². The van der Waals surface area contributed by atoms with Crippen molar-refractivity contribution in [3.8, 4) is 0 Å². The molecular weight excluding hydrogens is 194 g/mol. The Labute approximate surface area is 89.9 Å². The summed E-state index contributed by atoms with van der Waals surface area (Å²) in [5, 5.41) is 0. The maximum atomic E-state index is 11.9. The van der Waals surface area contributed by atoms with Crippen LogP contribution in [0.1, 0.15) is 27.2 Å². The molecule has 0 spiro atoms. The van der Waals surface area contributed by atoms with Gasteiger partial charge in [-0.15, -0.1) is 6.58 Å². The molecule has 2 amide bonds. The Bertz CT molecular complexity index is 296. The van der Waals surface area contributed by atoms with Crippen molar-refractivity contribution in [1.82, 2.24) is 4.90 Å². The van der Waals surface area contributed by atoms with Gasteiger partial charge in [-0.05, 0) is 20.3 Å². The smallest absolute Gasteiger partial charge is 0.417 e. The molecule has 0 saturated carbocycles. The van der Waals surface area contributed by atoms with Crippen LogP contribution in [0, 0.1) is 5.92 Å². The molecule has 1 aliphatic rings. The highest BCUT2D eigenvalue weighted by molar-refractivity contribution is 5.95. The normalized spacial score (nSPS) is 21.0. The summed E-state index contributed by atoms with van der Waals surface area (Å²) in [5.74, 6) is -0.421. The molecular formula is C11H17NO3. The number of allylic oxidation sites excluding steroid dienone is 1. The number of cyclic esters (lactones) is 1. The zero-order valence-corrected chi connectivity index (χ0v) is 9.45. The average Bonchev–Trinajstić information content (AvgIpc) is 2.40. The molecule has 15 heavy (non-hydrogen) atoms. The largest absolute Gasteiger partial charge is 0.447 e. The summed E-state index contributed by atoms with van der Waals surface area (Å²) < 4.78 is 4.87. The quantitative estimate of drug-likeness (QED) is 0.670. The van der Waals surface area contributed by atoms with Gasteiger partial charge in [-0.3, -0.25) is 4.79 Å². The topological polar surface area (TPSA) is 46.6 Å². The second-order valence-corrected chi connectivity index (χ2v) is 4.47. The van der Waals surface area contributed by atoms with E-state index >= 15 is 0 Å². The second kappa shape index (κ2) is 4.04. The first-order valence-corrected chi connectivity index (χ1v) is 5.02. The van der Waals surface area contributed by atoms with Gasteiger partial charge in [0.1, 0.15) is 6.61 Å². The summed E-state index contributed by atoms with van der Waals surface area (Å²) in [6.07, 6.45) is 1.70. The van der Waals surface area contributed by atoms with Crippen molar-refractivity contribution >= 4 is 12.0 Å². The molecule has 0 aromatic rings. The number of amides is 2. The maximum Gasteiger partial charge on any atom is 0.417 e. The van der Waals surface area contributed by atoms with Crippen molar-refractivity contribution in [3.63, 3.8) is 0 Å². The van der Waals surface area contributed by atoms with Gasteiger partial charge in [-0.2, -0.15) is 0 Å². The van der Waals surface area contributed by atoms with Gasteiger partial charge in [-0.1, -0.05) is 13.0 Å². The third-order valence-electron chi connectivity index (χ3n) is 2.50. The van der Waals surface area contributed by atoms with Crippen LogP contribution in [0.5, 0.6) is 0 Å². The Morgan fingerprint density at radius 2 is 2.33 bits per heavy atom. The molecule has 1 heterocycles. The van der Waals surface area contributed by atoms with Gasteiger partial charge in [-0.25, -0.2) is 9.69 Å². The lowest BCUT2D eigenvalue weighted by Gasteiger charge is -2.27. The molecule has 1 fully saturated rings. The molecule has 0 unspecified atom stereocenters. The van der Waals surface area contributed by atoms with Crippen LogP contribution in [0.4, 0.5) is 4.79 Å². The fraction of sp³-hybridized carbons (Fsp3) is 0.636. The molecule has 0 aromatic heterocycles. The molecule has 1 aliphatic heterocycles. The number of rotatable bonds is 3. The summed E-state index contributed by atoms with van der Waals surface area (Å²) in [7, 11) is 0. The van der Waals surface area contributed by atoms with Gasteiger partial charge in [0.05, 0.1) is 5.54 Å². The first-order chi connectivity index (χ1) is 6.90. The van der Waals surface area contributed by atoms with Gasteiger partial charge in [0.15, 0.2) is 0 Å². The summed E-state index contributed by atoms with van der Waals surface area (Å²) >= 11 is 0. The standard InChI is InChI=1S/C11H17NO3/c1-5-6-8(2)9(13)12-10(14)15-7-11(12,3)4/h5,8H,1,6-7H2,2-4H3/t8-/m1/s1. The Kier molecular flexibility index (Phi) is 3.17. The van der Waals surface area contributed by atoms with E-state index in [0.29, 0.717) is 6.42 Å². The van der Waals surface area contributed by atoms with Crippen LogP contribution in [-0.4, -0.2) is 29.0 Å². The van der Waals surface area contributed by atoms with E-state index in [9.17, 15) is 9.59 Å². The Morgan fingerprint density at radius 1 is 1.73 bits per heavy atom. The van der Waals surface area contributed by atoms with Crippen LogP contribution in [0.15, 0.2) is 12.7 Å². The molecule has 1 atom stereocenters. The van der Waals surface area contributed by atoms with Crippen LogP contribution in [-0.2, 0) is 9.53 Å². The lowest BCUT2D eigenvalue weighted by atomic mass is 10.0. The van der Waals surface area contributed by atoms with Crippen molar-refractivity contribution in [2.45, 2.75) is 32.7 Å². The summed E-state index contributed by atoms with van der Waals surface area (Å²) in [5.41, 5.74) is -0.538. The van der Waals surface area contributed by atoms with Crippen molar-refractivity contribution in [1.29, 1.82) is 0 Å². The number of carbonyl (C=O) groups excluding carboxylic acids is 2. The van der Waals surface area contributed by atoms with Gasteiger partial charge >= 0.3 is 6.09 Å². The number of hydrogen-bond donors (Lipinski definition) is 0. The molecule has 84 valence electrons. The molecule has 1 saturated heterocycles. The molecule has 4 nitrogen and oxygen atoms in total. The average molecular weight is 211 g/mol. The molecule has 0 N–H and O–H groups in total. The van der Waals surface area contributed by atoms with Crippen molar-refractivity contribution in [2.75, 3.05) is 6.61 Å². The number of imide groups is 1. The van der Waals surface area contributed by atoms with Crippen LogP contribution in [0.2, 0.25) is 0 Å². The minimum absolute atomic E-state index is 0.192. The molecule has 0 bridgehead atoms. The van der Waals surface area contributed by atoms with Gasteiger partial charge in [0.25, 0.3) is 0 Å². The summed E-state index contributed by atoms with van der Waals surface area (Å²) in [6.45, 7) is 9.26. The Hall–Kier alpha value is -1.32. The zero-order valence-electron chi connectivity index (χ0n) is 9.45. The van der Waals surface area contributed by atoms with E-state index < -0.39 is 11.6 Å². The maximum absolute atomic E-state index is 11.9. The lowest BCUT2D eigenvalue weighted by molar-refractivity contribution is -0.134. The third-order valence-corrected chi connectivity index (χ3v) is 2.50. The first-order valence-electron chi connectivity index (χ1n) is 5.02. The molecule has 0 aliphatic carbocycles. The highest BCUT2D eigenvalue weighted by atomic mass is 16.6. The predicted molar refractivity (Wildman–Crippen MR) is 56.3 cm³/mol. The number of carbonyl (C=O) groups is 2. The minimum atomic E-state index is -0.541. The Morgan fingerprint density at radius 3 is 2.73 bits per heavy atom. The fourth-order valence-electron chi connectivity index (χ4n) is 1.57. The van der Waals surface area contributed by atoms with E-state index in [4.69, 9.17) is 4.74 Å². The fourth-order valence-corrected chi connectivity index (χ4v) is 1.57. The minimum Gasteiger partial charge on any atom is -0.447 e. The van der Waals surface area contributed by atoms with Crippen molar-refractivity contribution < 1.29 is 14.3 Å². The van der Waals surface area contributed by atoms with E-state index in [0.717, 1.165) is 0 Å². The molecule has 0 aromatic carbocycles. The summed E-state index contributed by atoms with van der Waals surface area (Å²) in [6, 6.07) is 0. The molecule has 0 radical (unpaired) electrons. The monoisotopic (exact) mass is 211 g/mol. The predicted octanol–water partition coefficient (Wildman–Crippen LogP) is 1.96. The van der Waals surface area contributed by atoms with E-state index in [1.54, 1.807) is 13.0 Å². The Balaban J connectivity index is 2.82. The first kappa shape index (κ1) is 11.8. The van der Waals surface area contributed by atoms with Gasteiger partial charge in [0.2, 0.25) is 5.91 Å². The molecule has 1 rings (SSSR count). The third kappa shape index (κ3) is 2.19. The number of nitrogens with zero attached hydrogens (tertiary/aromatic N) is 1. The van der Waals surface area contributed by atoms with Gasteiger partial charge in [0, 0.05) is 5.92 Å². The van der Waals surface area contributed by atoms with Crippen LogP contribution < -0.4 is 0 Å². The van der Waals surface area contributed by atoms with Gasteiger partial charge < -0.3 is 4.74 Å². The van der Waals surface area contributed by atoms with Crippen LogP contribution >= 0.6 is 0 Å². The van der Waals surface area contributed by atoms with E-state index in [1.165, 1.54) is 4.90 Å². The number of ether oxygens (including phenoxy) is 1. The zero-order chi connectivity index (χ0) is 11.6. The van der Waals surface area contributed by atoms with Crippen LogP contribution in [0.3, 0.4) is 0 Å². The van der Waals surface area contributed by atoms with E-state index in [1.807, 2.05) is 13.8 Å².